The van der Waals surface area contributed by atoms with Gasteiger partial charge in [-0.25, -0.2) is 4.79 Å². The minimum absolute atomic E-state index is 0.233. The van der Waals surface area contributed by atoms with Gasteiger partial charge < -0.3 is 15.2 Å². The second-order valence-electron chi connectivity index (χ2n) is 5.17. The summed E-state index contributed by atoms with van der Waals surface area (Å²) < 4.78 is 5.55. The number of fused-ring (bicyclic) bond motifs is 1. The Morgan fingerprint density at radius 3 is 3.00 bits per heavy atom. The van der Waals surface area contributed by atoms with Gasteiger partial charge in [-0.05, 0) is 43.5 Å². The lowest BCUT2D eigenvalue weighted by molar-refractivity contribution is -0.142. The standard InChI is InChI=1S/C16H18ClNO4/c1-2-3-4-13(16(20)21)18-15(19)11-7-10-8-12(17)5-6-14(10)22-9-11/h2-3,5-6,8,11,13H,4,7,9H2,1H3,(H,18,19)(H,20,21)/b3-2+. The lowest BCUT2D eigenvalue weighted by atomic mass is 9.95. The zero-order valence-corrected chi connectivity index (χ0v) is 13.0. The molecule has 0 bridgehead atoms. The Balaban J connectivity index is 2.03. The van der Waals surface area contributed by atoms with E-state index in [1.54, 1.807) is 37.3 Å². The summed E-state index contributed by atoms with van der Waals surface area (Å²) in [5, 5.41) is 12.3. The van der Waals surface area contributed by atoms with Crippen LogP contribution in [0, 0.1) is 5.92 Å². The van der Waals surface area contributed by atoms with E-state index in [1.807, 2.05) is 0 Å². The maximum atomic E-state index is 12.3. The zero-order valence-electron chi connectivity index (χ0n) is 12.2. The van der Waals surface area contributed by atoms with Crippen molar-refractivity contribution in [3.8, 4) is 5.75 Å². The van der Waals surface area contributed by atoms with Gasteiger partial charge in [-0.15, -0.1) is 0 Å². The van der Waals surface area contributed by atoms with Crippen molar-refractivity contribution >= 4 is 23.5 Å². The number of nitrogens with one attached hydrogen (secondary N) is 1. The molecule has 1 aromatic carbocycles. The number of halogens is 1. The van der Waals surface area contributed by atoms with Crippen molar-refractivity contribution in [1.82, 2.24) is 5.32 Å². The fraction of sp³-hybridized carbons (Fsp3) is 0.375. The summed E-state index contributed by atoms with van der Waals surface area (Å²) in [6.07, 6.45) is 4.21. The van der Waals surface area contributed by atoms with Gasteiger partial charge >= 0.3 is 5.97 Å². The molecule has 1 heterocycles. The Morgan fingerprint density at radius 2 is 2.32 bits per heavy atom. The molecule has 2 rings (SSSR count). The largest absolute Gasteiger partial charge is 0.492 e. The number of amides is 1. The van der Waals surface area contributed by atoms with Gasteiger partial charge in [-0.3, -0.25) is 4.79 Å². The van der Waals surface area contributed by atoms with Gasteiger partial charge in [0.15, 0.2) is 0 Å². The Kier molecular flexibility index (Phi) is 5.44. The summed E-state index contributed by atoms with van der Waals surface area (Å²) in [7, 11) is 0. The Labute approximate surface area is 133 Å². The highest BCUT2D eigenvalue weighted by Gasteiger charge is 2.29. The smallest absolute Gasteiger partial charge is 0.326 e. The van der Waals surface area contributed by atoms with Crippen LogP contribution in [0.3, 0.4) is 0 Å². The Morgan fingerprint density at radius 1 is 1.55 bits per heavy atom. The molecule has 0 spiro atoms. The monoisotopic (exact) mass is 323 g/mol. The number of rotatable bonds is 5. The summed E-state index contributed by atoms with van der Waals surface area (Å²) >= 11 is 5.95. The van der Waals surface area contributed by atoms with Gasteiger partial charge in [-0.1, -0.05) is 23.8 Å². The van der Waals surface area contributed by atoms with Crippen molar-refractivity contribution in [3.63, 3.8) is 0 Å². The highest BCUT2D eigenvalue weighted by molar-refractivity contribution is 6.30. The quantitative estimate of drug-likeness (QED) is 0.816. The summed E-state index contributed by atoms with van der Waals surface area (Å²) in [5.41, 5.74) is 0.860. The van der Waals surface area contributed by atoms with Gasteiger partial charge in [0.05, 0.1) is 5.92 Å². The number of hydrogen-bond donors (Lipinski definition) is 2. The molecule has 118 valence electrons. The highest BCUT2D eigenvalue weighted by Crippen LogP contribution is 2.29. The van der Waals surface area contributed by atoms with Crippen molar-refractivity contribution in [2.24, 2.45) is 5.92 Å². The van der Waals surface area contributed by atoms with E-state index in [4.69, 9.17) is 21.4 Å². The van der Waals surface area contributed by atoms with Crippen LogP contribution in [0.15, 0.2) is 30.4 Å². The third-order valence-electron chi connectivity index (χ3n) is 3.52. The summed E-state index contributed by atoms with van der Waals surface area (Å²) in [5.74, 6) is -1.07. The average Bonchev–Trinajstić information content (AvgIpc) is 2.50. The van der Waals surface area contributed by atoms with Gasteiger partial charge in [0.1, 0.15) is 18.4 Å². The lowest BCUT2D eigenvalue weighted by Crippen LogP contribution is -2.45. The van der Waals surface area contributed by atoms with Crippen molar-refractivity contribution in [3.05, 3.63) is 40.9 Å². The van der Waals surface area contributed by atoms with Crippen LogP contribution in [-0.4, -0.2) is 29.6 Å². The molecule has 0 radical (unpaired) electrons. The number of benzene rings is 1. The van der Waals surface area contributed by atoms with Gasteiger partial charge in [0, 0.05) is 5.02 Å². The summed E-state index contributed by atoms with van der Waals surface area (Å²) in [4.78, 5) is 23.4. The molecule has 2 N–H and O–H groups in total. The maximum Gasteiger partial charge on any atom is 0.326 e. The van der Waals surface area contributed by atoms with Gasteiger partial charge in [0.25, 0.3) is 0 Å². The molecule has 0 saturated heterocycles. The second kappa shape index (κ2) is 7.31. The maximum absolute atomic E-state index is 12.3. The van der Waals surface area contributed by atoms with Crippen LogP contribution in [0.1, 0.15) is 18.9 Å². The van der Waals surface area contributed by atoms with Gasteiger partial charge in [-0.2, -0.15) is 0 Å². The average molecular weight is 324 g/mol. The Bertz CT molecular complexity index is 600. The number of ether oxygens (including phenoxy) is 1. The van der Waals surface area contributed by atoms with Crippen LogP contribution < -0.4 is 10.1 Å². The molecule has 1 aromatic rings. The molecular weight excluding hydrogens is 306 g/mol. The van der Waals surface area contributed by atoms with Crippen molar-refractivity contribution in [1.29, 1.82) is 0 Å². The fourth-order valence-corrected chi connectivity index (χ4v) is 2.51. The first kappa shape index (κ1) is 16.4. The number of carbonyl (C=O) groups is 2. The molecule has 0 saturated carbocycles. The first-order chi connectivity index (χ1) is 10.5. The predicted molar refractivity (Wildman–Crippen MR) is 83.1 cm³/mol. The molecule has 0 aromatic heterocycles. The molecule has 1 amide bonds. The van der Waals surface area contributed by atoms with Crippen LogP contribution in [0.2, 0.25) is 5.02 Å². The summed E-state index contributed by atoms with van der Waals surface area (Å²) in [6, 6.07) is 4.35. The molecular formula is C16H18ClNO4. The third kappa shape index (κ3) is 4.01. The Hall–Kier alpha value is -2.01. The van der Waals surface area contributed by atoms with Crippen LogP contribution >= 0.6 is 11.6 Å². The van der Waals surface area contributed by atoms with Crippen LogP contribution in [0.25, 0.3) is 0 Å². The van der Waals surface area contributed by atoms with Crippen molar-refractivity contribution in [2.75, 3.05) is 6.61 Å². The first-order valence-corrected chi connectivity index (χ1v) is 7.44. The molecule has 1 aliphatic heterocycles. The third-order valence-corrected chi connectivity index (χ3v) is 3.76. The molecule has 6 heteroatoms. The summed E-state index contributed by atoms with van der Waals surface area (Å²) in [6.45, 7) is 2.03. The number of aliphatic carboxylic acids is 1. The van der Waals surface area contributed by atoms with Crippen LogP contribution in [-0.2, 0) is 16.0 Å². The number of hydrogen-bond acceptors (Lipinski definition) is 3. The van der Waals surface area contributed by atoms with E-state index in [-0.39, 0.29) is 18.9 Å². The molecule has 0 fully saturated rings. The van der Waals surface area contributed by atoms with E-state index in [1.165, 1.54) is 0 Å². The van der Waals surface area contributed by atoms with Gasteiger partial charge in [0.2, 0.25) is 5.91 Å². The van der Waals surface area contributed by atoms with E-state index in [9.17, 15) is 9.59 Å². The zero-order chi connectivity index (χ0) is 16.1. The fourth-order valence-electron chi connectivity index (χ4n) is 2.31. The number of allylic oxidation sites excluding steroid dienone is 1. The highest BCUT2D eigenvalue weighted by atomic mass is 35.5. The van der Waals surface area contributed by atoms with E-state index in [2.05, 4.69) is 5.32 Å². The number of carbonyl (C=O) groups excluding carboxylic acids is 1. The minimum Gasteiger partial charge on any atom is -0.492 e. The molecule has 5 nitrogen and oxygen atoms in total. The predicted octanol–water partition coefficient (Wildman–Crippen LogP) is 2.43. The molecule has 0 aliphatic carbocycles. The first-order valence-electron chi connectivity index (χ1n) is 7.06. The van der Waals surface area contributed by atoms with E-state index in [0.717, 1.165) is 11.3 Å². The number of carboxylic acid groups (broad SMARTS) is 1. The normalized spacial score (nSPS) is 18.4. The number of carboxylic acids is 1. The molecule has 2 unspecified atom stereocenters. The minimum atomic E-state index is -1.05. The van der Waals surface area contributed by atoms with E-state index < -0.39 is 17.9 Å². The van der Waals surface area contributed by atoms with Crippen LogP contribution in [0.5, 0.6) is 5.75 Å². The SMILES string of the molecule is C/C=C/CC(NC(=O)C1COc2ccc(Cl)cc2C1)C(=O)O. The topological polar surface area (TPSA) is 75.6 Å². The van der Waals surface area contributed by atoms with Crippen molar-refractivity contribution < 1.29 is 19.4 Å². The lowest BCUT2D eigenvalue weighted by Gasteiger charge is -2.25. The van der Waals surface area contributed by atoms with E-state index in [0.29, 0.717) is 11.4 Å². The van der Waals surface area contributed by atoms with E-state index >= 15 is 0 Å². The molecule has 2 atom stereocenters. The molecule has 1 aliphatic rings. The van der Waals surface area contributed by atoms with Crippen LogP contribution in [0.4, 0.5) is 0 Å². The molecule has 22 heavy (non-hydrogen) atoms. The van der Waals surface area contributed by atoms with Crippen molar-refractivity contribution in [2.45, 2.75) is 25.8 Å². The second-order valence-corrected chi connectivity index (χ2v) is 5.60.